The van der Waals surface area contributed by atoms with Gasteiger partial charge in [-0.15, -0.1) is 0 Å². The van der Waals surface area contributed by atoms with Crippen LogP contribution >= 0.6 is 0 Å². The summed E-state index contributed by atoms with van der Waals surface area (Å²) < 4.78 is 21.3. The van der Waals surface area contributed by atoms with Crippen molar-refractivity contribution in [1.82, 2.24) is 26.6 Å². The fourth-order valence-corrected chi connectivity index (χ4v) is 3.81. The summed E-state index contributed by atoms with van der Waals surface area (Å²) in [5, 5.41) is 24.5. The van der Waals surface area contributed by atoms with Crippen molar-refractivity contribution in [2.45, 2.75) is 118 Å². The number of rotatable bonds is 13. The number of ether oxygens (including phenoxy) is 4. The summed E-state index contributed by atoms with van der Waals surface area (Å²) in [6.45, 7) is 20.3. The number of alkyl carbamates (subject to hydrolysis) is 4. The van der Waals surface area contributed by atoms with Crippen LogP contribution < -0.4 is 26.6 Å². The number of nitrogens with one attached hydrogen (secondary N) is 5. The van der Waals surface area contributed by atoms with E-state index < -0.39 is 57.7 Å². The maximum atomic E-state index is 12.6. The van der Waals surface area contributed by atoms with Gasteiger partial charge >= 0.3 is 24.4 Å². The Bertz CT molecular complexity index is 1350. The highest BCUT2D eigenvalue weighted by Crippen LogP contribution is 2.15. The lowest BCUT2D eigenvalue weighted by atomic mass is 10.1. The molecule has 0 aliphatic carbocycles. The van der Waals surface area contributed by atoms with Crippen molar-refractivity contribution in [2.75, 3.05) is 19.6 Å². The number of hydrogen-bond donors (Lipinski definition) is 5. The number of benzene rings is 1. The second-order valence-corrected chi connectivity index (χ2v) is 15.4. The van der Waals surface area contributed by atoms with Crippen LogP contribution in [0.1, 0.15) is 88.6 Å². The third-order valence-electron chi connectivity index (χ3n) is 5.53. The fourth-order valence-electron chi connectivity index (χ4n) is 3.81. The second kappa shape index (κ2) is 18.8. The zero-order valence-electron chi connectivity index (χ0n) is 31.8. The molecule has 17 nitrogen and oxygen atoms in total. The van der Waals surface area contributed by atoms with E-state index in [-0.39, 0.29) is 37.6 Å². The molecule has 0 fully saturated rings. The zero-order valence-corrected chi connectivity index (χ0v) is 31.8. The molecule has 1 atom stereocenters. The first-order valence-electron chi connectivity index (χ1n) is 16.4. The molecule has 0 aliphatic heterocycles. The SMILES string of the molecule is CC(C)(C)OC(=O)NCC(CNC(=O)OC(C)(C)C)=NC(CNC=C(NC(=O)OC(C)(C)C)NC(=O)OC(C)(C)C)Cc1ccc([N+](=O)[O-])cc1. The van der Waals surface area contributed by atoms with Crippen molar-refractivity contribution in [2.24, 2.45) is 4.99 Å². The topological polar surface area (TPSA) is 221 Å². The molecule has 0 heterocycles. The van der Waals surface area contributed by atoms with E-state index in [4.69, 9.17) is 23.9 Å². The quantitative estimate of drug-likeness (QED) is 0.0747. The minimum Gasteiger partial charge on any atom is -0.444 e. The van der Waals surface area contributed by atoms with Crippen LogP contribution in [0.15, 0.2) is 41.3 Å². The maximum absolute atomic E-state index is 12.6. The lowest BCUT2D eigenvalue weighted by molar-refractivity contribution is -0.384. The van der Waals surface area contributed by atoms with Gasteiger partial charge in [-0.25, -0.2) is 19.2 Å². The van der Waals surface area contributed by atoms with Crippen LogP contribution in [0, 0.1) is 10.1 Å². The van der Waals surface area contributed by atoms with Crippen molar-refractivity contribution in [3.63, 3.8) is 0 Å². The summed E-state index contributed by atoms with van der Waals surface area (Å²) in [4.78, 5) is 65.6. The summed E-state index contributed by atoms with van der Waals surface area (Å²) >= 11 is 0. The number of hydrogen-bond acceptors (Lipinski definition) is 12. The summed E-state index contributed by atoms with van der Waals surface area (Å²) in [5.41, 5.74) is -2.23. The molecular formula is C34H55N7O10. The zero-order chi connectivity index (χ0) is 39.2. The Morgan fingerprint density at radius 3 is 1.47 bits per heavy atom. The van der Waals surface area contributed by atoms with E-state index in [1.165, 1.54) is 18.3 Å². The van der Waals surface area contributed by atoms with Gasteiger partial charge in [0.25, 0.3) is 5.69 Å². The molecule has 0 radical (unpaired) electrons. The van der Waals surface area contributed by atoms with Crippen molar-refractivity contribution in [3.05, 3.63) is 52.0 Å². The molecular weight excluding hydrogens is 666 g/mol. The van der Waals surface area contributed by atoms with Gasteiger partial charge in [0.05, 0.1) is 29.8 Å². The van der Waals surface area contributed by atoms with Crippen LogP contribution in [0.4, 0.5) is 24.9 Å². The number of carbonyl (C=O) groups excluding carboxylic acids is 4. The first kappa shape index (κ1) is 43.9. The predicted octanol–water partition coefficient (Wildman–Crippen LogP) is 5.43. The Kier molecular flexibility index (Phi) is 16.2. The van der Waals surface area contributed by atoms with Crippen LogP contribution in [0.5, 0.6) is 0 Å². The lowest BCUT2D eigenvalue weighted by Crippen LogP contribution is -2.42. The van der Waals surface area contributed by atoms with Crippen LogP contribution in [0.25, 0.3) is 0 Å². The normalized spacial score (nSPS) is 12.2. The summed E-state index contributed by atoms with van der Waals surface area (Å²) in [6, 6.07) is 5.29. The van der Waals surface area contributed by atoms with E-state index in [0.29, 0.717) is 11.3 Å². The van der Waals surface area contributed by atoms with Gasteiger partial charge in [-0.2, -0.15) is 0 Å². The van der Waals surface area contributed by atoms with Gasteiger partial charge in [0.2, 0.25) is 0 Å². The fraction of sp³-hybridized carbons (Fsp3) is 0.618. The van der Waals surface area contributed by atoms with Gasteiger partial charge in [0.15, 0.2) is 0 Å². The molecule has 0 saturated carbocycles. The molecule has 1 aromatic carbocycles. The van der Waals surface area contributed by atoms with Crippen LogP contribution in [-0.4, -0.2) is 83.1 Å². The highest BCUT2D eigenvalue weighted by molar-refractivity contribution is 5.92. The summed E-state index contributed by atoms with van der Waals surface area (Å²) in [7, 11) is 0. The molecule has 4 amide bonds. The molecule has 5 N–H and O–H groups in total. The maximum Gasteiger partial charge on any atom is 0.413 e. The molecule has 0 aromatic heterocycles. The van der Waals surface area contributed by atoms with Gasteiger partial charge in [-0.1, -0.05) is 12.1 Å². The van der Waals surface area contributed by atoms with Crippen LogP contribution in [0.2, 0.25) is 0 Å². The van der Waals surface area contributed by atoms with Gasteiger partial charge in [0.1, 0.15) is 28.2 Å². The second-order valence-electron chi connectivity index (χ2n) is 15.4. The highest BCUT2D eigenvalue weighted by Gasteiger charge is 2.22. The van der Waals surface area contributed by atoms with E-state index in [1.54, 1.807) is 95.2 Å². The van der Waals surface area contributed by atoms with Crippen molar-refractivity contribution in [1.29, 1.82) is 0 Å². The molecule has 17 heteroatoms. The molecule has 1 rings (SSSR count). The first-order valence-corrected chi connectivity index (χ1v) is 16.4. The van der Waals surface area contributed by atoms with E-state index in [0.717, 1.165) is 0 Å². The van der Waals surface area contributed by atoms with Crippen molar-refractivity contribution < 1.29 is 43.0 Å². The van der Waals surface area contributed by atoms with E-state index in [9.17, 15) is 29.3 Å². The average molecular weight is 722 g/mol. The smallest absolute Gasteiger partial charge is 0.413 e. The summed E-state index contributed by atoms with van der Waals surface area (Å²) in [6.07, 6.45) is -1.51. The van der Waals surface area contributed by atoms with Gasteiger partial charge in [-0.05, 0) is 95.1 Å². The summed E-state index contributed by atoms with van der Waals surface area (Å²) in [5.74, 6) is -0.0880. The number of nitro groups is 1. The third kappa shape index (κ3) is 22.3. The van der Waals surface area contributed by atoms with Crippen molar-refractivity contribution >= 4 is 35.8 Å². The number of amides is 4. The number of carbonyl (C=O) groups is 4. The Hall–Kier alpha value is -5.09. The number of aliphatic imine (C=N–C) groups is 1. The predicted molar refractivity (Wildman–Crippen MR) is 191 cm³/mol. The van der Waals surface area contributed by atoms with Crippen LogP contribution in [-0.2, 0) is 25.4 Å². The molecule has 1 unspecified atom stereocenters. The standard InChI is InChI=1S/C34H55N7O10/c1-31(2,3)48-27(42)36-19-24(20-37-28(43)49-32(4,5)6)38-23(17-22-13-15-25(16-14-22)41(46)47)18-35-21-26(39-29(44)50-33(7,8)9)40-30(45)51-34(10,11)12/h13-16,21,23,35H,17-20H2,1-12H3,(H,36,42)(H,37,43)(H,39,44)(H,40,45). The van der Waals surface area contributed by atoms with E-state index in [1.807, 2.05) is 0 Å². The monoisotopic (exact) mass is 721 g/mol. The van der Waals surface area contributed by atoms with Gasteiger partial charge in [0, 0.05) is 24.9 Å². The highest BCUT2D eigenvalue weighted by atomic mass is 16.6. The Morgan fingerprint density at radius 1 is 0.706 bits per heavy atom. The molecule has 0 bridgehead atoms. The van der Waals surface area contributed by atoms with Crippen molar-refractivity contribution in [3.8, 4) is 0 Å². The number of nitro benzene ring substituents is 1. The average Bonchev–Trinajstić information content (AvgIpc) is 2.90. The molecule has 0 spiro atoms. The van der Waals surface area contributed by atoms with E-state index in [2.05, 4.69) is 26.6 Å². The Labute approximate surface area is 299 Å². The molecule has 0 aliphatic rings. The van der Waals surface area contributed by atoms with Gasteiger partial charge < -0.3 is 34.9 Å². The third-order valence-corrected chi connectivity index (χ3v) is 5.53. The molecule has 286 valence electrons. The van der Waals surface area contributed by atoms with E-state index >= 15 is 0 Å². The number of nitrogens with zero attached hydrogens (tertiary/aromatic N) is 2. The minimum atomic E-state index is -0.837. The van der Waals surface area contributed by atoms with Gasteiger partial charge in [-0.3, -0.25) is 25.7 Å². The first-order chi connectivity index (χ1) is 23.2. The Morgan fingerprint density at radius 2 is 1.10 bits per heavy atom. The molecule has 0 saturated heterocycles. The largest absolute Gasteiger partial charge is 0.444 e. The molecule has 51 heavy (non-hydrogen) atoms. The van der Waals surface area contributed by atoms with Crippen LogP contribution in [0.3, 0.4) is 0 Å². The molecule has 1 aromatic rings. The minimum absolute atomic E-state index is 0.0782. The lowest BCUT2D eigenvalue weighted by Gasteiger charge is -2.23. The Balaban J connectivity index is 3.47. The number of non-ortho nitro benzene ring substituents is 1.